The van der Waals surface area contributed by atoms with Gasteiger partial charge in [0.05, 0.1) is 6.42 Å². The molecule has 10 heavy (non-hydrogen) atoms. The third-order valence-corrected chi connectivity index (χ3v) is 2.81. The zero-order chi connectivity index (χ0) is 7.19. The van der Waals surface area contributed by atoms with Crippen LogP contribution in [0, 0.1) is 5.41 Å². The Bertz CT molecular complexity index is 176. The zero-order valence-corrected chi connectivity index (χ0v) is 6.22. The van der Waals surface area contributed by atoms with E-state index in [-0.39, 0.29) is 17.5 Å². The summed E-state index contributed by atoms with van der Waals surface area (Å²) in [7, 11) is 0. The van der Waals surface area contributed by atoms with E-state index in [2.05, 4.69) is 6.92 Å². The molecule has 1 saturated carbocycles. The number of esters is 1. The van der Waals surface area contributed by atoms with Crippen LogP contribution in [0.3, 0.4) is 0 Å². The van der Waals surface area contributed by atoms with Crippen molar-refractivity contribution in [3.8, 4) is 0 Å². The van der Waals surface area contributed by atoms with E-state index in [9.17, 15) is 4.79 Å². The fourth-order valence-electron chi connectivity index (χ4n) is 2.13. The molecule has 1 heterocycles. The van der Waals surface area contributed by atoms with Gasteiger partial charge >= 0.3 is 5.97 Å². The van der Waals surface area contributed by atoms with Crippen molar-refractivity contribution in [2.75, 3.05) is 0 Å². The van der Waals surface area contributed by atoms with E-state index in [1.54, 1.807) is 0 Å². The van der Waals surface area contributed by atoms with Gasteiger partial charge in [0.15, 0.2) is 0 Å². The number of fused-ring (bicyclic) bond motifs is 1. The molecule has 2 atom stereocenters. The molecule has 0 aromatic heterocycles. The summed E-state index contributed by atoms with van der Waals surface area (Å²) in [6.45, 7) is 2.16. The Balaban J connectivity index is 2.22. The van der Waals surface area contributed by atoms with Crippen molar-refractivity contribution in [2.45, 2.75) is 38.7 Å². The van der Waals surface area contributed by atoms with Gasteiger partial charge in [0.25, 0.3) is 0 Å². The number of ether oxygens (including phenoxy) is 1. The topological polar surface area (TPSA) is 26.3 Å². The molecular weight excluding hydrogens is 128 g/mol. The second-order valence-corrected chi connectivity index (χ2v) is 3.70. The Morgan fingerprint density at radius 3 is 3.20 bits per heavy atom. The minimum atomic E-state index is 0.00667. The maximum Gasteiger partial charge on any atom is 0.306 e. The quantitative estimate of drug-likeness (QED) is 0.476. The highest BCUT2D eigenvalue weighted by Gasteiger charge is 2.48. The van der Waals surface area contributed by atoms with Crippen molar-refractivity contribution < 1.29 is 9.53 Å². The van der Waals surface area contributed by atoms with Gasteiger partial charge < -0.3 is 4.74 Å². The molecule has 0 amide bonds. The molecule has 2 fully saturated rings. The molecule has 0 aromatic carbocycles. The van der Waals surface area contributed by atoms with Gasteiger partial charge in [-0.05, 0) is 19.3 Å². The lowest BCUT2D eigenvalue weighted by Gasteiger charge is -2.18. The number of rotatable bonds is 0. The fraction of sp³-hybridized carbons (Fsp3) is 0.875. The predicted molar refractivity (Wildman–Crippen MR) is 36.5 cm³/mol. The molecule has 0 radical (unpaired) electrons. The van der Waals surface area contributed by atoms with E-state index in [1.165, 1.54) is 12.8 Å². The van der Waals surface area contributed by atoms with Crippen molar-refractivity contribution in [1.82, 2.24) is 0 Å². The van der Waals surface area contributed by atoms with Gasteiger partial charge in [-0.1, -0.05) is 6.92 Å². The van der Waals surface area contributed by atoms with Crippen LogP contribution < -0.4 is 0 Å². The fourth-order valence-corrected chi connectivity index (χ4v) is 2.13. The molecule has 0 unspecified atom stereocenters. The molecule has 2 rings (SSSR count). The lowest BCUT2D eigenvalue weighted by Crippen LogP contribution is -2.20. The maximum absolute atomic E-state index is 10.8. The largest absolute Gasteiger partial charge is 0.462 e. The Hall–Kier alpha value is -0.530. The average Bonchev–Trinajstić information content (AvgIpc) is 2.20. The summed E-state index contributed by atoms with van der Waals surface area (Å²) < 4.78 is 5.15. The molecule has 1 aliphatic carbocycles. The average molecular weight is 140 g/mol. The Kier molecular flexibility index (Phi) is 1.08. The summed E-state index contributed by atoms with van der Waals surface area (Å²) in [6, 6.07) is 0. The lowest BCUT2D eigenvalue weighted by atomic mass is 9.85. The van der Waals surface area contributed by atoms with Crippen molar-refractivity contribution in [3.05, 3.63) is 0 Å². The summed E-state index contributed by atoms with van der Waals surface area (Å²) in [5, 5.41) is 0. The number of carbonyl (C=O) groups excluding carboxylic acids is 1. The minimum Gasteiger partial charge on any atom is -0.462 e. The van der Waals surface area contributed by atoms with Crippen LogP contribution in [0.15, 0.2) is 0 Å². The Morgan fingerprint density at radius 1 is 1.70 bits per heavy atom. The smallest absolute Gasteiger partial charge is 0.306 e. The summed E-state index contributed by atoms with van der Waals surface area (Å²) in [5.41, 5.74) is 0.205. The SMILES string of the molecule is C[C@@]12CCC[C@H]1OC(=O)C2. The Labute approximate surface area is 60.6 Å². The number of carbonyl (C=O) groups is 1. The van der Waals surface area contributed by atoms with Crippen LogP contribution in [0.5, 0.6) is 0 Å². The standard InChI is InChI=1S/C8H12O2/c1-8-4-2-3-6(8)10-7(9)5-8/h6H,2-5H2,1H3/t6-,8+/m1/s1. The molecule has 2 nitrogen and oxygen atoms in total. The first-order valence-corrected chi connectivity index (χ1v) is 3.90. The molecular formula is C8H12O2. The molecule has 2 aliphatic rings. The van der Waals surface area contributed by atoms with Gasteiger partial charge in [-0.3, -0.25) is 4.79 Å². The highest BCUT2D eigenvalue weighted by atomic mass is 16.6. The first-order chi connectivity index (χ1) is 4.71. The monoisotopic (exact) mass is 140 g/mol. The van der Waals surface area contributed by atoms with Crippen LogP contribution in [0.1, 0.15) is 32.6 Å². The summed E-state index contributed by atoms with van der Waals surface area (Å²) in [5.74, 6) is 0.00667. The molecule has 56 valence electrons. The number of hydrogen-bond acceptors (Lipinski definition) is 2. The second kappa shape index (κ2) is 1.74. The van der Waals surface area contributed by atoms with Crippen LogP contribution in [0.25, 0.3) is 0 Å². The predicted octanol–water partition coefficient (Wildman–Crippen LogP) is 1.49. The van der Waals surface area contributed by atoms with E-state index in [4.69, 9.17) is 4.74 Å². The van der Waals surface area contributed by atoms with Crippen molar-refractivity contribution in [3.63, 3.8) is 0 Å². The highest BCUT2D eigenvalue weighted by Crippen LogP contribution is 2.47. The van der Waals surface area contributed by atoms with Gasteiger partial charge in [-0.2, -0.15) is 0 Å². The molecule has 0 spiro atoms. The van der Waals surface area contributed by atoms with Crippen LogP contribution in [-0.2, 0) is 9.53 Å². The third kappa shape index (κ3) is 0.678. The van der Waals surface area contributed by atoms with Crippen molar-refractivity contribution in [1.29, 1.82) is 0 Å². The molecule has 2 heteroatoms. The van der Waals surface area contributed by atoms with Gasteiger partial charge in [-0.25, -0.2) is 0 Å². The van der Waals surface area contributed by atoms with Crippen LogP contribution >= 0.6 is 0 Å². The minimum absolute atomic E-state index is 0.00667. The second-order valence-electron chi connectivity index (χ2n) is 3.70. The first-order valence-electron chi connectivity index (χ1n) is 3.90. The molecule has 0 N–H and O–H groups in total. The molecule has 1 saturated heterocycles. The van der Waals surface area contributed by atoms with Crippen LogP contribution in [0.4, 0.5) is 0 Å². The van der Waals surface area contributed by atoms with Crippen molar-refractivity contribution >= 4 is 5.97 Å². The molecule has 0 aromatic rings. The zero-order valence-electron chi connectivity index (χ0n) is 6.22. The molecule has 1 aliphatic heterocycles. The molecule has 0 bridgehead atoms. The van der Waals surface area contributed by atoms with Gasteiger partial charge in [-0.15, -0.1) is 0 Å². The van der Waals surface area contributed by atoms with E-state index in [0.717, 1.165) is 6.42 Å². The van der Waals surface area contributed by atoms with E-state index < -0.39 is 0 Å². The normalized spacial score (nSPS) is 45.3. The van der Waals surface area contributed by atoms with Crippen LogP contribution in [-0.4, -0.2) is 12.1 Å². The third-order valence-electron chi connectivity index (χ3n) is 2.81. The van der Waals surface area contributed by atoms with Gasteiger partial charge in [0.2, 0.25) is 0 Å². The maximum atomic E-state index is 10.8. The van der Waals surface area contributed by atoms with Gasteiger partial charge in [0, 0.05) is 5.41 Å². The van der Waals surface area contributed by atoms with E-state index in [1.807, 2.05) is 0 Å². The lowest BCUT2D eigenvalue weighted by molar-refractivity contribution is -0.141. The number of hydrogen-bond donors (Lipinski definition) is 0. The summed E-state index contributed by atoms with van der Waals surface area (Å²) in [6.07, 6.45) is 4.39. The highest BCUT2D eigenvalue weighted by molar-refractivity contribution is 5.73. The van der Waals surface area contributed by atoms with Crippen LogP contribution in [0.2, 0.25) is 0 Å². The Morgan fingerprint density at radius 2 is 2.50 bits per heavy atom. The van der Waals surface area contributed by atoms with E-state index in [0.29, 0.717) is 6.42 Å². The first kappa shape index (κ1) is 6.20. The van der Waals surface area contributed by atoms with Crippen molar-refractivity contribution in [2.24, 2.45) is 5.41 Å². The van der Waals surface area contributed by atoms with Gasteiger partial charge in [0.1, 0.15) is 6.10 Å². The summed E-state index contributed by atoms with van der Waals surface area (Å²) in [4.78, 5) is 10.8. The summed E-state index contributed by atoms with van der Waals surface area (Å²) >= 11 is 0. The van der Waals surface area contributed by atoms with E-state index >= 15 is 0 Å².